The molecule has 6 nitrogen and oxygen atoms in total. The number of amidine groups is 1. The quantitative estimate of drug-likeness (QED) is 0.786. The number of amides is 2. The van der Waals surface area contributed by atoms with E-state index in [9.17, 15) is 9.59 Å². The maximum absolute atomic E-state index is 12.7. The molecule has 2 aromatic carbocycles. The van der Waals surface area contributed by atoms with Crippen molar-refractivity contribution in [1.82, 2.24) is 4.90 Å². The van der Waals surface area contributed by atoms with Gasteiger partial charge in [0, 0.05) is 23.7 Å². The van der Waals surface area contributed by atoms with Crippen molar-refractivity contribution in [1.29, 1.82) is 0 Å². The smallest absolute Gasteiger partial charge is 0.238 e. The van der Waals surface area contributed by atoms with E-state index in [0.717, 1.165) is 0 Å². The highest BCUT2D eigenvalue weighted by atomic mass is 35.5. The third-order valence-electron chi connectivity index (χ3n) is 4.16. The summed E-state index contributed by atoms with van der Waals surface area (Å²) in [5, 5.41) is 3.42. The SMILES string of the molecule is CCN1C(=O)C[C@@H](C(=O)Nc2ccc(OC)cc2)SC1=Nc1ccc(Cl)cc1. The highest BCUT2D eigenvalue weighted by molar-refractivity contribution is 8.15. The standard InChI is InChI=1S/C20H20ClN3O3S/c1-3-24-18(25)12-17(19(26)22-14-8-10-16(27-2)11-9-14)28-20(24)23-15-6-4-13(21)5-7-15/h4-11,17H,3,12H2,1-2H3,(H,22,26)/t17-/m0/s1. The molecule has 0 spiro atoms. The number of nitrogens with zero attached hydrogens (tertiary/aromatic N) is 2. The molecule has 1 saturated heterocycles. The number of rotatable bonds is 5. The summed E-state index contributed by atoms with van der Waals surface area (Å²) < 4.78 is 5.12. The summed E-state index contributed by atoms with van der Waals surface area (Å²) in [6.07, 6.45) is 0.125. The number of carbonyl (C=O) groups excluding carboxylic acids is 2. The van der Waals surface area contributed by atoms with Crippen molar-refractivity contribution < 1.29 is 14.3 Å². The molecule has 1 fully saturated rings. The Labute approximate surface area is 172 Å². The fourth-order valence-electron chi connectivity index (χ4n) is 2.68. The fraction of sp³-hybridized carbons (Fsp3) is 0.250. The molecule has 0 aromatic heterocycles. The minimum Gasteiger partial charge on any atom is -0.497 e. The molecule has 1 atom stereocenters. The lowest BCUT2D eigenvalue weighted by Crippen LogP contribution is -2.45. The summed E-state index contributed by atoms with van der Waals surface area (Å²) in [6.45, 7) is 2.37. The number of thioether (sulfide) groups is 1. The molecule has 1 aliphatic heterocycles. The number of ether oxygens (including phenoxy) is 1. The molecular formula is C20H20ClN3O3S. The van der Waals surface area contributed by atoms with Crippen LogP contribution >= 0.6 is 23.4 Å². The van der Waals surface area contributed by atoms with E-state index < -0.39 is 5.25 Å². The predicted octanol–water partition coefficient (Wildman–Crippen LogP) is 4.33. The lowest BCUT2D eigenvalue weighted by atomic mass is 10.2. The van der Waals surface area contributed by atoms with Gasteiger partial charge in [-0.1, -0.05) is 23.4 Å². The molecule has 8 heteroatoms. The third-order valence-corrected chi connectivity index (χ3v) is 5.60. The van der Waals surface area contributed by atoms with Gasteiger partial charge in [-0.15, -0.1) is 0 Å². The summed E-state index contributed by atoms with van der Waals surface area (Å²) in [6, 6.07) is 14.1. The van der Waals surface area contributed by atoms with Crippen molar-refractivity contribution in [2.75, 3.05) is 19.0 Å². The van der Waals surface area contributed by atoms with Crippen molar-refractivity contribution >= 4 is 51.7 Å². The second kappa shape index (κ2) is 9.12. The van der Waals surface area contributed by atoms with Crippen LogP contribution in [0.3, 0.4) is 0 Å². The average molecular weight is 418 g/mol. The fourth-order valence-corrected chi connectivity index (χ4v) is 3.96. The van der Waals surface area contributed by atoms with Gasteiger partial charge in [0.15, 0.2) is 5.17 Å². The van der Waals surface area contributed by atoms with Gasteiger partial charge in [-0.25, -0.2) is 4.99 Å². The number of hydrogen-bond acceptors (Lipinski definition) is 5. The van der Waals surface area contributed by atoms with E-state index in [-0.39, 0.29) is 18.2 Å². The normalized spacial score (nSPS) is 18.2. The summed E-state index contributed by atoms with van der Waals surface area (Å²) >= 11 is 7.20. The molecule has 2 aromatic rings. The van der Waals surface area contributed by atoms with Crippen LogP contribution < -0.4 is 10.1 Å². The van der Waals surface area contributed by atoms with E-state index in [0.29, 0.717) is 33.9 Å². The number of aliphatic imine (C=N–C) groups is 1. The number of nitrogens with one attached hydrogen (secondary N) is 1. The summed E-state index contributed by atoms with van der Waals surface area (Å²) in [7, 11) is 1.58. The molecule has 0 saturated carbocycles. The molecule has 3 rings (SSSR count). The molecule has 0 radical (unpaired) electrons. The van der Waals surface area contributed by atoms with Gasteiger partial charge in [0.25, 0.3) is 0 Å². The molecule has 1 heterocycles. The number of halogens is 1. The first-order chi connectivity index (χ1) is 13.5. The number of methoxy groups -OCH3 is 1. The minimum absolute atomic E-state index is 0.121. The van der Waals surface area contributed by atoms with Gasteiger partial charge in [0.1, 0.15) is 11.0 Å². The van der Waals surface area contributed by atoms with Crippen molar-refractivity contribution in [2.45, 2.75) is 18.6 Å². The van der Waals surface area contributed by atoms with Crippen molar-refractivity contribution in [3.05, 3.63) is 53.6 Å². The number of hydrogen-bond donors (Lipinski definition) is 1. The second-order valence-electron chi connectivity index (χ2n) is 6.04. The van der Waals surface area contributed by atoms with Gasteiger partial charge < -0.3 is 10.1 Å². The minimum atomic E-state index is -0.552. The van der Waals surface area contributed by atoms with Crippen LogP contribution in [-0.2, 0) is 9.59 Å². The van der Waals surface area contributed by atoms with Crippen molar-refractivity contribution in [3.8, 4) is 5.75 Å². The zero-order valence-electron chi connectivity index (χ0n) is 15.5. The van der Waals surface area contributed by atoms with E-state index in [1.54, 1.807) is 60.5 Å². The molecule has 0 aliphatic carbocycles. The van der Waals surface area contributed by atoms with Crippen molar-refractivity contribution in [2.24, 2.45) is 4.99 Å². The first-order valence-corrected chi connectivity index (χ1v) is 10.0. The maximum Gasteiger partial charge on any atom is 0.238 e. The van der Waals surface area contributed by atoms with Gasteiger partial charge in [-0.05, 0) is 55.5 Å². The highest BCUT2D eigenvalue weighted by Gasteiger charge is 2.35. The Kier molecular flexibility index (Phi) is 6.59. The predicted molar refractivity (Wildman–Crippen MR) is 114 cm³/mol. The molecule has 1 aliphatic rings. The highest BCUT2D eigenvalue weighted by Crippen LogP contribution is 2.30. The molecular weight excluding hydrogens is 398 g/mol. The average Bonchev–Trinajstić information content (AvgIpc) is 2.70. The van der Waals surface area contributed by atoms with Gasteiger partial charge >= 0.3 is 0 Å². The van der Waals surface area contributed by atoms with Gasteiger partial charge in [-0.2, -0.15) is 0 Å². The second-order valence-corrected chi connectivity index (χ2v) is 7.64. The zero-order valence-corrected chi connectivity index (χ0v) is 17.1. The Balaban J connectivity index is 1.77. The van der Waals surface area contributed by atoms with Gasteiger partial charge in [0.2, 0.25) is 11.8 Å². The van der Waals surface area contributed by atoms with Crippen LogP contribution in [0.5, 0.6) is 5.75 Å². The van der Waals surface area contributed by atoms with Crippen LogP contribution in [0.25, 0.3) is 0 Å². The van der Waals surface area contributed by atoms with Crippen molar-refractivity contribution in [3.63, 3.8) is 0 Å². The topological polar surface area (TPSA) is 71.0 Å². The number of benzene rings is 2. The molecule has 0 unspecified atom stereocenters. The summed E-state index contributed by atoms with van der Waals surface area (Å²) in [5.74, 6) is 0.350. The first-order valence-electron chi connectivity index (χ1n) is 8.76. The van der Waals surface area contributed by atoms with E-state index in [2.05, 4.69) is 10.3 Å². The van der Waals surface area contributed by atoms with Gasteiger partial charge in [0.05, 0.1) is 12.8 Å². The van der Waals surface area contributed by atoms with E-state index in [1.807, 2.05) is 6.92 Å². The summed E-state index contributed by atoms with van der Waals surface area (Å²) in [5.41, 5.74) is 1.32. The molecule has 0 bridgehead atoms. The van der Waals surface area contributed by atoms with Crippen LogP contribution in [0, 0.1) is 0 Å². The Hall–Kier alpha value is -2.51. The van der Waals surface area contributed by atoms with E-state index in [1.165, 1.54) is 11.8 Å². The third kappa shape index (κ3) is 4.85. The number of carbonyl (C=O) groups is 2. The Morgan fingerprint density at radius 3 is 2.54 bits per heavy atom. The first kappa shape index (κ1) is 20.2. The zero-order chi connectivity index (χ0) is 20.1. The van der Waals surface area contributed by atoms with Crippen LogP contribution in [0.2, 0.25) is 5.02 Å². The largest absolute Gasteiger partial charge is 0.497 e. The van der Waals surface area contributed by atoms with Gasteiger partial charge in [-0.3, -0.25) is 14.5 Å². The van der Waals surface area contributed by atoms with E-state index in [4.69, 9.17) is 16.3 Å². The molecule has 146 valence electrons. The maximum atomic E-state index is 12.7. The van der Waals surface area contributed by atoms with Crippen LogP contribution in [0.1, 0.15) is 13.3 Å². The Morgan fingerprint density at radius 1 is 1.25 bits per heavy atom. The van der Waals surface area contributed by atoms with E-state index >= 15 is 0 Å². The number of anilines is 1. The Morgan fingerprint density at radius 2 is 1.93 bits per heavy atom. The lowest BCUT2D eigenvalue weighted by Gasteiger charge is -2.30. The Bertz CT molecular complexity index is 885. The van der Waals surface area contributed by atoms with Crippen LogP contribution in [-0.4, -0.2) is 40.8 Å². The van der Waals surface area contributed by atoms with Crippen LogP contribution in [0.15, 0.2) is 53.5 Å². The molecule has 1 N–H and O–H groups in total. The molecule has 28 heavy (non-hydrogen) atoms. The lowest BCUT2D eigenvalue weighted by molar-refractivity contribution is -0.129. The monoisotopic (exact) mass is 417 g/mol. The van der Waals surface area contributed by atoms with Crippen LogP contribution in [0.4, 0.5) is 11.4 Å². The summed E-state index contributed by atoms with van der Waals surface area (Å²) in [4.78, 5) is 31.4. The molecule has 2 amide bonds.